The molecule has 0 aliphatic heterocycles. The van der Waals surface area contributed by atoms with Gasteiger partial charge in [0.15, 0.2) is 4.80 Å². The first-order chi connectivity index (χ1) is 11.6. The minimum Gasteiger partial charge on any atom is -0.305 e. The molecule has 3 nitrogen and oxygen atoms in total. The molecular weight excluding hydrogens is 323 g/mol. The van der Waals surface area contributed by atoms with Crippen molar-refractivity contribution in [3.05, 3.63) is 64.2 Å². The second-order valence-electron chi connectivity index (χ2n) is 5.45. The summed E-state index contributed by atoms with van der Waals surface area (Å²) in [4.78, 5) is 16.9. The first-order valence-electron chi connectivity index (χ1n) is 7.42. The number of carbonyl (C=O) groups is 1. The Hall–Kier alpha value is -2.71. The molecule has 0 aliphatic rings. The van der Waals surface area contributed by atoms with E-state index in [-0.39, 0.29) is 24.7 Å². The van der Waals surface area contributed by atoms with Gasteiger partial charge in [0.25, 0.3) is 5.91 Å². The fourth-order valence-corrected chi connectivity index (χ4v) is 3.47. The van der Waals surface area contributed by atoms with Crippen LogP contribution >= 0.6 is 11.3 Å². The molecule has 1 amide bonds. The molecule has 24 heavy (non-hydrogen) atoms. The van der Waals surface area contributed by atoms with Crippen molar-refractivity contribution in [2.24, 2.45) is 4.99 Å². The Labute approximate surface area is 143 Å². The van der Waals surface area contributed by atoms with Crippen molar-refractivity contribution < 1.29 is 9.18 Å². The highest BCUT2D eigenvalue weighted by atomic mass is 32.1. The number of terminal acetylenes is 1. The summed E-state index contributed by atoms with van der Waals surface area (Å²) in [7, 11) is 0. The van der Waals surface area contributed by atoms with Crippen LogP contribution in [0.25, 0.3) is 10.2 Å². The summed E-state index contributed by atoms with van der Waals surface area (Å²) in [6, 6.07) is 12.2. The number of aromatic nitrogens is 1. The lowest BCUT2D eigenvalue weighted by atomic mass is 10.1. The van der Waals surface area contributed by atoms with Crippen molar-refractivity contribution in [1.29, 1.82) is 0 Å². The number of carbonyl (C=O) groups excluding carboxylic acids is 1. The van der Waals surface area contributed by atoms with Gasteiger partial charge in [-0.2, -0.15) is 4.99 Å². The van der Waals surface area contributed by atoms with Gasteiger partial charge in [-0.3, -0.25) is 4.79 Å². The number of hydrogen-bond donors (Lipinski definition) is 0. The van der Waals surface area contributed by atoms with Crippen LogP contribution in [0.3, 0.4) is 0 Å². The first kappa shape index (κ1) is 16.2. The smallest absolute Gasteiger partial charge is 0.252 e. The third-order valence-corrected chi connectivity index (χ3v) is 4.63. The molecule has 0 N–H and O–H groups in total. The van der Waals surface area contributed by atoms with Crippen molar-refractivity contribution in [3.63, 3.8) is 0 Å². The third kappa shape index (κ3) is 3.44. The topological polar surface area (TPSA) is 34.4 Å². The average Bonchev–Trinajstić information content (AvgIpc) is 2.86. The van der Waals surface area contributed by atoms with E-state index in [1.54, 1.807) is 10.6 Å². The van der Waals surface area contributed by atoms with Gasteiger partial charge in [0, 0.05) is 0 Å². The Balaban J connectivity index is 1.99. The lowest BCUT2D eigenvalue weighted by Gasteiger charge is -2.00. The molecule has 5 heteroatoms. The van der Waals surface area contributed by atoms with Crippen LogP contribution < -0.4 is 4.80 Å². The van der Waals surface area contributed by atoms with Crippen LogP contribution in [0.5, 0.6) is 0 Å². The Morgan fingerprint density at radius 2 is 2.04 bits per heavy atom. The summed E-state index contributed by atoms with van der Waals surface area (Å²) in [6.45, 7) is 2.28. The van der Waals surface area contributed by atoms with Gasteiger partial charge in [0.2, 0.25) is 0 Å². The first-order valence-corrected chi connectivity index (χ1v) is 8.24. The number of amides is 1. The van der Waals surface area contributed by atoms with Crippen LogP contribution in [-0.2, 0) is 17.8 Å². The largest absolute Gasteiger partial charge is 0.305 e. The van der Waals surface area contributed by atoms with Gasteiger partial charge < -0.3 is 4.57 Å². The van der Waals surface area contributed by atoms with E-state index in [0.29, 0.717) is 9.50 Å². The van der Waals surface area contributed by atoms with Crippen LogP contribution in [0.2, 0.25) is 0 Å². The zero-order chi connectivity index (χ0) is 17.1. The second kappa shape index (κ2) is 6.81. The van der Waals surface area contributed by atoms with E-state index in [4.69, 9.17) is 6.42 Å². The fraction of sp³-hybridized carbons (Fsp3) is 0.158. The molecule has 0 saturated heterocycles. The molecule has 0 saturated carbocycles. The number of hydrogen-bond acceptors (Lipinski definition) is 2. The Morgan fingerprint density at radius 3 is 2.75 bits per heavy atom. The standard InChI is InChI=1S/C19H15FN2OS/c1-3-10-22-16-9-8-15(20)12-17(16)24-19(22)21-18(23)11-14-6-4-13(2)5-7-14/h1,4-9,12H,10-11H2,2H3. The summed E-state index contributed by atoms with van der Waals surface area (Å²) in [5.41, 5.74) is 2.83. The molecule has 0 fully saturated rings. The van der Waals surface area contributed by atoms with Crippen LogP contribution in [0, 0.1) is 25.1 Å². The van der Waals surface area contributed by atoms with Crippen molar-refractivity contribution in [3.8, 4) is 12.3 Å². The number of fused-ring (bicyclic) bond motifs is 1. The molecule has 0 unspecified atom stereocenters. The molecule has 1 aromatic heterocycles. The van der Waals surface area contributed by atoms with Gasteiger partial charge in [0.05, 0.1) is 23.2 Å². The maximum absolute atomic E-state index is 13.4. The maximum Gasteiger partial charge on any atom is 0.252 e. The van der Waals surface area contributed by atoms with Crippen molar-refractivity contribution in [2.75, 3.05) is 0 Å². The summed E-state index contributed by atoms with van der Waals surface area (Å²) < 4.78 is 15.9. The zero-order valence-electron chi connectivity index (χ0n) is 13.1. The van der Waals surface area contributed by atoms with E-state index in [9.17, 15) is 9.18 Å². The molecule has 0 aliphatic carbocycles. The molecule has 3 rings (SSSR count). The summed E-state index contributed by atoms with van der Waals surface area (Å²) in [5, 5.41) is 0. The van der Waals surface area contributed by atoms with Crippen molar-refractivity contribution in [1.82, 2.24) is 4.57 Å². The van der Waals surface area contributed by atoms with E-state index < -0.39 is 0 Å². The molecule has 3 aromatic rings. The Bertz CT molecular complexity index is 1010. The predicted molar refractivity (Wildman–Crippen MR) is 94.1 cm³/mol. The van der Waals surface area contributed by atoms with Crippen LogP contribution in [-0.4, -0.2) is 10.5 Å². The normalized spacial score (nSPS) is 11.6. The Morgan fingerprint density at radius 1 is 1.29 bits per heavy atom. The lowest BCUT2D eigenvalue weighted by molar-refractivity contribution is -0.117. The minimum absolute atomic E-state index is 0.221. The highest BCUT2D eigenvalue weighted by Crippen LogP contribution is 2.18. The van der Waals surface area contributed by atoms with Crippen LogP contribution in [0.15, 0.2) is 47.5 Å². The Kier molecular flexibility index (Phi) is 4.59. The van der Waals surface area contributed by atoms with E-state index in [0.717, 1.165) is 16.6 Å². The molecule has 0 spiro atoms. The fourth-order valence-electron chi connectivity index (χ4n) is 2.40. The number of nitrogens with zero attached hydrogens (tertiary/aromatic N) is 2. The van der Waals surface area contributed by atoms with Crippen molar-refractivity contribution in [2.45, 2.75) is 19.9 Å². The minimum atomic E-state index is -0.325. The predicted octanol–water partition coefficient (Wildman–Crippen LogP) is 3.45. The number of benzene rings is 2. The summed E-state index contributed by atoms with van der Waals surface area (Å²) >= 11 is 1.26. The average molecular weight is 338 g/mol. The van der Waals surface area contributed by atoms with E-state index >= 15 is 0 Å². The van der Waals surface area contributed by atoms with E-state index in [1.165, 1.54) is 23.5 Å². The molecule has 120 valence electrons. The summed E-state index contributed by atoms with van der Waals surface area (Å²) in [6.07, 6.45) is 5.63. The van der Waals surface area contributed by atoms with Crippen LogP contribution in [0.4, 0.5) is 4.39 Å². The van der Waals surface area contributed by atoms with Gasteiger partial charge in [-0.05, 0) is 30.7 Å². The van der Waals surface area contributed by atoms with Crippen molar-refractivity contribution >= 4 is 27.5 Å². The maximum atomic E-state index is 13.4. The molecule has 1 heterocycles. The SMILES string of the molecule is C#CCn1c(=NC(=O)Cc2ccc(C)cc2)sc2cc(F)ccc21. The van der Waals surface area contributed by atoms with Gasteiger partial charge >= 0.3 is 0 Å². The number of aryl methyl sites for hydroxylation is 1. The molecule has 0 atom stereocenters. The zero-order valence-corrected chi connectivity index (χ0v) is 13.9. The quantitative estimate of drug-likeness (QED) is 0.674. The monoisotopic (exact) mass is 338 g/mol. The van der Waals surface area contributed by atoms with Crippen LogP contribution in [0.1, 0.15) is 11.1 Å². The summed E-state index contributed by atoms with van der Waals surface area (Å²) in [5.74, 6) is 1.97. The molecule has 0 radical (unpaired) electrons. The molecule has 0 bridgehead atoms. The number of halogens is 1. The molecule has 2 aromatic carbocycles. The third-order valence-electron chi connectivity index (χ3n) is 3.59. The highest BCUT2D eigenvalue weighted by molar-refractivity contribution is 7.16. The number of rotatable bonds is 3. The van der Waals surface area contributed by atoms with E-state index in [1.807, 2.05) is 31.2 Å². The molecular formula is C19H15FN2OS. The second-order valence-corrected chi connectivity index (χ2v) is 6.46. The lowest BCUT2D eigenvalue weighted by Crippen LogP contribution is -2.17. The van der Waals surface area contributed by atoms with E-state index in [2.05, 4.69) is 10.9 Å². The van der Waals surface area contributed by atoms with Gasteiger partial charge in [0.1, 0.15) is 5.82 Å². The van der Waals surface area contributed by atoms with Gasteiger partial charge in [-0.15, -0.1) is 6.42 Å². The van der Waals surface area contributed by atoms with Gasteiger partial charge in [-0.25, -0.2) is 4.39 Å². The number of thiazole rings is 1. The van der Waals surface area contributed by atoms with Gasteiger partial charge in [-0.1, -0.05) is 47.1 Å². The highest BCUT2D eigenvalue weighted by Gasteiger charge is 2.09.